The van der Waals surface area contributed by atoms with Crippen LogP contribution in [0.5, 0.6) is 11.5 Å². The van der Waals surface area contributed by atoms with E-state index in [9.17, 15) is 15.3 Å². The van der Waals surface area contributed by atoms with Crippen molar-refractivity contribution in [2.24, 2.45) is 16.8 Å². The average Bonchev–Trinajstić information content (AvgIpc) is 3.17. The second-order valence-corrected chi connectivity index (χ2v) is 7.32. The minimum atomic E-state index is -1.12. The maximum Gasteiger partial charge on any atom is 0.341 e. The third-order valence-corrected chi connectivity index (χ3v) is 5.08. The van der Waals surface area contributed by atoms with Crippen LogP contribution in [0, 0.1) is 28.6 Å². The number of hydrogen-bond donors (Lipinski definition) is 2. The Morgan fingerprint density at radius 3 is 2.65 bits per heavy atom. The molecular formula is C25H23N5O4. The molecule has 3 N–H and O–H groups in total. The Balaban J connectivity index is 2.06. The summed E-state index contributed by atoms with van der Waals surface area (Å²) in [5.74, 6) is -1.36. The molecule has 34 heavy (non-hydrogen) atoms. The van der Waals surface area contributed by atoms with Crippen LogP contribution in [0.15, 0.2) is 65.8 Å². The van der Waals surface area contributed by atoms with Crippen molar-refractivity contribution in [1.82, 2.24) is 0 Å². The molecule has 0 radical (unpaired) electrons. The molecule has 1 aliphatic rings. The predicted octanol–water partition coefficient (Wildman–Crippen LogP) is 3.09. The lowest BCUT2D eigenvalue weighted by Crippen LogP contribution is -2.40. The van der Waals surface area contributed by atoms with E-state index in [2.05, 4.69) is 23.8 Å². The molecule has 0 unspecified atom stereocenters. The van der Waals surface area contributed by atoms with Crippen LogP contribution in [0.25, 0.3) is 6.08 Å². The number of methoxy groups -OCH3 is 1. The zero-order chi connectivity index (χ0) is 24.7. The Hall–Kier alpha value is -4.60. The smallest absolute Gasteiger partial charge is 0.341 e. The van der Waals surface area contributed by atoms with Gasteiger partial charge in [0.25, 0.3) is 0 Å². The molecule has 3 rings (SSSR count). The largest absolute Gasteiger partial charge is 0.493 e. The van der Waals surface area contributed by atoms with Gasteiger partial charge in [-0.1, -0.05) is 24.3 Å². The van der Waals surface area contributed by atoms with Crippen molar-refractivity contribution in [3.8, 4) is 23.6 Å². The second kappa shape index (κ2) is 10.8. The fraction of sp³-hybridized carbons (Fsp3) is 0.200. The Morgan fingerprint density at radius 1 is 1.32 bits per heavy atom. The number of rotatable bonds is 9. The minimum absolute atomic E-state index is 0.172. The van der Waals surface area contributed by atoms with Crippen molar-refractivity contribution in [1.29, 1.82) is 10.5 Å². The quantitative estimate of drug-likeness (QED) is 0.432. The lowest BCUT2D eigenvalue weighted by Gasteiger charge is -2.21. The highest BCUT2D eigenvalue weighted by atomic mass is 16.5. The highest BCUT2D eigenvalue weighted by molar-refractivity contribution is 6.11. The number of para-hydroxylation sites is 1. The van der Waals surface area contributed by atoms with E-state index in [1.165, 1.54) is 12.1 Å². The predicted molar refractivity (Wildman–Crippen MR) is 127 cm³/mol. The van der Waals surface area contributed by atoms with Crippen molar-refractivity contribution in [3.05, 3.63) is 71.8 Å². The van der Waals surface area contributed by atoms with E-state index in [0.717, 1.165) is 0 Å². The lowest BCUT2D eigenvalue weighted by molar-refractivity contribution is -0.139. The molecule has 172 valence electrons. The zero-order valence-electron chi connectivity index (χ0n) is 18.5. The van der Waals surface area contributed by atoms with Crippen LogP contribution in [-0.4, -0.2) is 36.7 Å². The molecule has 0 saturated heterocycles. The molecule has 0 spiro atoms. The Bertz CT molecular complexity index is 1220. The molecule has 0 aliphatic carbocycles. The second-order valence-electron chi connectivity index (χ2n) is 7.32. The van der Waals surface area contributed by atoms with E-state index >= 15 is 0 Å². The summed E-state index contributed by atoms with van der Waals surface area (Å²) < 4.78 is 10.8. The van der Waals surface area contributed by atoms with Gasteiger partial charge in [-0.2, -0.15) is 15.6 Å². The van der Waals surface area contributed by atoms with Crippen molar-refractivity contribution in [3.63, 3.8) is 0 Å². The van der Waals surface area contributed by atoms with Gasteiger partial charge in [0, 0.05) is 5.56 Å². The van der Waals surface area contributed by atoms with E-state index in [1.54, 1.807) is 24.3 Å². The topological polar surface area (TPSA) is 145 Å². The molecule has 1 heterocycles. The number of nitriles is 2. The van der Waals surface area contributed by atoms with Gasteiger partial charge < -0.3 is 20.3 Å². The van der Waals surface area contributed by atoms with Gasteiger partial charge in [-0.25, -0.2) is 9.80 Å². The molecule has 0 aromatic heterocycles. The van der Waals surface area contributed by atoms with Crippen LogP contribution in [-0.2, 0) is 11.2 Å². The van der Waals surface area contributed by atoms with Crippen LogP contribution in [0.1, 0.15) is 11.1 Å². The molecule has 2 aromatic carbocycles. The number of ether oxygens (including phenoxy) is 2. The minimum Gasteiger partial charge on any atom is -0.493 e. The number of anilines is 1. The molecule has 9 heteroatoms. The third kappa shape index (κ3) is 5.07. The normalized spacial score (nSPS) is 17.4. The first-order valence-corrected chi connectivity index (χ1v) is 10.3. The highest BCUT2D eigenvalue weighted by Gasteiger charge is 2.37. The standard InChI is InChI=1S/C25H23N5O4/c1-3-7-17-10-16(12-21(33-2)24(17)34-15-22(31)32)11-18(13-26)23-20(14-27)25(28)30(29-23)19-8-5-4-6-9-19/h3-6,8-12,20,25H,1,7,15,28H2,2H3,(H,31,32)/b18-11-/t20-,25+/m0/s1. The fourth-order valence-corrected chi connectivity index (χ4v) is 3.57. The number of carbonyl (C=O) groups is 1. The molecular weight excluding hydrogens is 434 g/mol. The fourth-order valence-electron chi connectivity index (χ4n) is 3.57. The van der Waals surface area contributed by atoms with E-state index in [0.29, 0.717) is 29.0 Å². The monoisotopic (exact) mass is 457 g/mol. The molecule has 0 saturated carbocycles. The highest BCUT2D eigenvalue weighted by Crippen LogP contribution is 2.35. The summed E-state index contributed by atoms with van der Waals surface area (Å²) in [5, 5.41) is 34.7. The summed E-state index contributed by atoms with van der Waals surface area (Å²) in [4.78, 5) is 11.0. The van der Waals surface area contributed by atoms with Gasteiger partial charge in [0.15, 0.2) is 18.1 Å². The number of aliphatic carboxylic acids is 1. The number of benzene rings is 2. The van der Waals surface area contributed by atoms with E-state index < -0.39 is 24.7 Å². The number of allylic oxidation sites excluding steroid dienone is 2. The van der Waals surface area contributed by atoms with Crippen molar-refractivity contribution in [2.75, 3.05) is 18.7 Å². The lowest BCUT2D eigenvalue weighted by atomic mass is 9.95. The summed E-state index contributed by atoms with van der Waals surface area (Å²) in [6, 6.07) is 16.8. The van der Waals surface area contributed by atoms with Crippen LogP contribution < -0.4 is 20.2 Å². The van der Waals surface area contributed by atoms with Gasteiger partial charge in [0.1, 0.15) is 18.2 Å². The molecule has 0 bridgehead atoms. The summed E-state index contributed by atoms with van der Waals surface area (Å²) in [6.45, 7) is 3.19. The Kier molecular flexibility index (Phi) is 7.65. The van der Waals surface area contributed by atoms with Gasteiger partial charge in [-0.15, -0.1) is 6.58 Å². The number of hydrogen-bond acceptors (Lipinski definition) is 8. The number of nitrogens with two attached hydrogens (primary N) is 1. The van der Waals surface area contributed by atoms with Crippen LogP contribution in [0.4, 0.5) is 5.69 Å². The number of hydrazone groups is 1. The van der Waals surface area contributed by atoms with Gasteiger partial charge in [-0.3, -0.25) is 0 Å². The first-order chi connectivity index (χ1) is 16.4. The van der Waals surface area contributed by atoms with Crippen molar-refractivity contribution < 1.29 is 19.4 Å². The number of nitrogens with zero attached hydrogens (tertiary/aromatic N) is 4. The molecule has 0 fully saturated rings. The Labute approximate surface area is 197 Å². The SMILES string of the molecule is C=CCc1cc(/C=C(/C#N)C2=NN(c3ccccc3)[C@@H](N)[C@H]2C#N)cc(OC)c1OCC(=O)O. The van der Waals surface area contributed by atoms with Gasteiger partial charge >= 0.3 is 5.97 Å². The maximum absolute atomic E-state index is 11.0. The third-order valence-electron chi connectivity index (χ3n) is 5.08. The summed E-state index contributed by atoms with van der Waals surface area (Å²) in [6.07, 6.45) is 2.85. The molecule has 9 nitrogen and oxygen atoms in total. The maximum atomic E-state index is 11.0. The Morgan fingerprint density at radius 2 is 2.06 bits per heavy atom. The van der Waals surface area contributed by atoms with Gasteiger partial charge in [-0.05, 0) is 42.3 Å². The van der Waals surface area contributed by atoms with Gasteiger partial charge in [0.05, 0.1) is 30.2 Å². The van der Waals surface area contributed by atoms with E-state index in [-0.39, 0.29) is 17.0 Å². The molecule has 2 aromatic rings. The van der Waals surface area contributed by atoms with Gasteiger partial charge in [0.2, 0.25) is 0 Å². The summed E-state index contributed by atoms with van der Waals surface area (Å²) >= 11 is 0. The number of carboxylic acids is 1. The van der Waals surface area contributed by atoms with Crippen LogP contribution >= 0.6 is 0 Å². The van der Waals surface area contributed by atoms with Crippen molar-refractivity contribution >= 4 is 23.4 Å². The van der Waals surface area contributed by atoms with Crippen LogP contribution in [0.2, 0.25) is 0 Å². The summed E-state index contributed by atoms with van der Waals surface area (Å²) in [5.41, 5.74) is 8.64. The summed E-state index contributed by atoms with van der Waals surface area (Å²) in [7, 11) is 1.43. The molecule has 1 aliphatic heterocycles. The van der Waals surface area contributed by atoms with E-state index in [4.69, 9.17) is 20.3 Å². The first-order valence-electron chi connectivity index (χ1n) is 10.3. The van der Waals surface area contributed by atoms with Crippen LogP contribution in [0.3, 0.4) is 0 Å². The molecule has 2 atom stereocenters. The number of carboxylic acid groups (broad SMARTS) is 1. The zero-order valence-corrected chi connectivity index (χ0v) is 18.5. The molecule has 0 amide bonds. The first kappa shape index (κ1) is 24.1. The van der Waals surface area contributed by atoms with Crippen molar-refractivity contribution in [2.45, 2.75) is 12.6 Å². The average molecular weight is 457 g/mol. The van der Waals surface area contributed by atoms with E-state index in [1.807, 2.05) is 30.3 Å².